The van der Waals surface area contributed by atoms with E-state index in [0.29, 0.717) is 12.5 Å². The number of carbonyl (C=O) groups excluding carboxylic acids is 2. The van der Waals surface area contributed by atoms with Gasteiger partial charge in [-0.25, -0.2) is 0 Å². The molecule has 5 nitrogen and oxygen atoms in total. The van der Waals surface area contributed by atoms with Crippen molar-refractivity contribution in [3.63, 3.8) is 0 Å². The van der Waals surface area contributed by atoms with Crippen molar-refractivity contribution in [2.45, 2.75) is 18.9 Å². The molecule has 3 aliphatic rings. The molecular formula is C14H22NO4+. The molecule has 1 aliphatic heterocycles. The quantitative estimate of drug-likeness (QED) is 0.548. The Bertz CT molecular complexity index is 412. The standard InChI is InChI=1S/C14H22NO4/c1-15(2,3)4-5-18-13(16)11-8-6-9-10(7-8)19-14(17)12(9)11/h8-12H,4-7H2,1-3H3/q+1/t8-,9-,10+,11-,12-/m0/s1. The maximum Gasteiger partial charge on any atom is 0.310 e. The van der Waals surface area contributed by atoms with Gasteiger partial charge in [0.25, 0.3) is 0 Å². The molecule has 106 valence electrons. The molecule has 19 heavy (non-hydrogen) atoms. The molecule has 0 N–H and O–H groups in total. The fraction of sp³-hybridized carbons (Fsp3) is 0.857. The fourth-order valence-corrected chi connectivity index (χ4v) is 3.84. The lowest BCUT2D eigenvalue weighted by Gasteiger charge is -2.25. The van der Waals surface area contributed by atoms with Crippen LogP contribution in [0, 0.1) is 23.7 Å². The number of quaternary nitrogens is 1. The zero-order chi connectivity index (χ0) is 13.8. The SMILES string of the molecule is C[N+](C)(C)CCOC(=O)[C@H]1[C@H]2C[C@@H]3[C@@H]1C(=O)O[C@@H]3C2. The predicted octanol–water partition coefficient (Wildman–Crippen LogP) is 0.433. The molecule has 0 radical (unpaired) electrons. The van der Waals surface area contributed by atoms with Crippen LogP contribution >= 0.6 is 0 Å². The topological polar surface area (TPSA) is 52.6 Å². The highest BCUT2D eigenvalue weighted by Crippen LogP contribution is 2.57. The van der Waals surface area contributed by atoms with Gasteiger partial charge in [0, 0.05) is 5.92 Å². The van der Waals surface area contributed by atoms with Crippen molar-refractivity contribution in [3.8, 4) is 0 Å². The van der Waals surface area contributed by atoms with E-state index >= 15 is 0 Å². The molecular weight excluding hydrogens is 246 g/mol. The molecule has 3 rings (SSSR count). The van der Waals surface area contributed by atoms with Crippen molar-refractivity contribution in [3.05, 3.63) is 0 Å². The van der Waals surface area contributed by atoms with Crippen LogP contribution in [0.2, 0.25) is 0 Å². The third-order valence-electron chi connectivity index (χ3n) is 4.76. The van der Waals surface area contributed by atoms with Gasteiger partial charge >= 0.3 is 11.9 Å². The molecule has 2 bridgehead atoms. The van der Waals surface area contributed by atoms with E-state index in [1.54, 1.807) is 0 Å². The number of likely N-dealkylation sites (N-methyl/N-ethyl adjacent to an activating group) is 1. The van der Waals surface area contributed by atoms with Crippen molar-refractivity contribution >= 4 is 11.9 Å². The van der Waals surface area contributed by atoms with Gasteiger partial charge in [0.05, 0.1) is 33.0 Å². The van der Waals surface area contributed by atoms with E-state index < -0.39 is 0 Å². The Hall–Kier alpha value is -1.10. The smallest absolute Gasteiger partial charge is 0.310 e. The maximum atomic E-state index is 12.2. The van der Waals surface area contributed by atoms with E-state index in [-0.39, 0.29) is 35.8 Å². The summed E-state index contributed by atoms with van der Waals surface area (Å²) in [5, 5.41) is 0. The maximum absolute atomic E-state index is 12.2. The molecule has 3 fully saturated rings. The molecule has 5 atom stereocenters. The summed E-state index contributed by atoms with van der Waals surface area (Å²) in [6, 6.07) is 0. The average molecular weight is 268 g/mol. The lowest BCUT2D eigenvalue weighted by atomic mass is 9.80. The van der Waals surface area contributed by atoms with Gasteiger partial charge in [-0.15, -0.1) is 0 Å². The first-order chi connectivity index (χ1) is 8.87. The van der Waals surface area contributed by atoms with Crippen LogP contribution in [0.4, 0.5) is 0 Å². The summed E-state index contributed by atoms with van der Waals surface area (Å²) in [5.41, 5.74) is 0. The molecule has 0 amide bonds. The summed E-state index contributed by atoms with van der Waals surface area (Å²) in [7, 11) is 6.18. The third kappa shape index (κ3) is 2.14. The van der Waals surface area contributed by atoms with Gasteiger partial charge < -0.3 is 14.0 Å². The number of nitrogens with zero attached hydrogens (tertiary/aromatic N) is 1. The Balaban J connectivity index is 1.60. The second kappa shape index (κ2) is 4.20. The van der Waals surface area contributed by atoms with Gasteiger partial charge in [0.15, 0.2) is 0 Å². The van der Waals surface area contributed by atoms with Crippen molar-refractivity contribution in [2.24, 2.45) is 23.7 Å². The van der Waals surface area contributed by atoms with Crippen LogP contribution in [0.15, 0.2) is 0 Å². The van der Waals surface area contributed by atoms with Crippen LogP contribution in [0.1, 0.15) is 12.8 Å². The second-order valence-corrected chi connectivity index (χ2v) is 7.10. The zero-order valence-electron chi connectivity index (χ0n) is 11.8. The van der Waals surface area contributed by atoms with Gasteiger partial charge in [-0.3, -0.25) is 9.59 Å². The monoisotopic (exact) mass is 268 g/mol. The van der Waals surface area contributed by atoms with E-state index in [0.717, 1.165) is 23.9 Å². The van der Waals surface area contributed by atoms with Crippen LogP contribution in [-0.2, 0) is 19.1 Å². The summed E-state index contributed by atoms with van der Waals surface area (Å²) in [5.74, 6) is -0.271. The van der Waals surface area contributed by atoms with Crippen molar-refractivity contribution in [1.82, 2.24) is 0 Å². The van der Waals surface area contributed by atoms with Crippen LogP contribution in [0.5, 0.6) is 0 Å². The molecule has 0 spiro atoms. The largest absolute Gasteiger partial charge is 0.462 e. The number of hydrogen-bond acceptors (Lipinski definition) is 4. The van der Waals surface area contributed by atoms with Gasteiger partial charge in [-0.1, -0.05) is 0 Å². The van der Waals surface area contributed by atoms with Gasteiger partial charge in [0.2, 0.25) is 0 Å². The fourth-order valence-electron chi connectivity index (χ4n) is 3.84. The molecule has 2 saturated carbocycles. The van der Waals surface area contributed by atoms with E-state index in [2.05, 4.69) is 21.1 Å². The average Bonchev–Trinajstić information content (AvgIpc) is 2.86. The number of ether oxygens (including phenoxy) is 2. The highest BCUT2D eigenvalue weighted by molar-refractivity contribution is 5.85. The first-order valence-electron chi connectivity index (χ1n) is 7.04. The summed E-state index contributed by atoms with van der Waals surface area (Å²) < 4.78 is 11.5. The lowest BCUT2D eigenvalue weighted by Crippen LogP contribution is -2.39. The first kappa shape index (κ1) is 12.9. The number of carbonyl (C=O) groups is 2. The third-order valence-corrected chi connectivity index (χ3v) is 4.76. The molecule has 1 heterocycles. The van der Waals surface area contributed by atoms with E-state index in [1.807, 2.05) is 0 Å². The Morgan fingerprint density at radius 2 is 2.11 bits per heavy atom. The lowest BCUT2D eigenvalue weighted by molar-refractivity contribution is -0.870. The minimum Gasteiger partial charge on any atom is -0.462 e. The predicted molar refractivity (Wildman–Crippen MR) is 66.9 cm³/mol. The second-order valence-electron chi connectivity index (χ2n) is 7.10. The summed E-state index contributed by atoms with van der Waals surface area (Å²) in [6.07, 6.45) is 1.89. The molecule has 1 saturated heterocycles. The first-order valence-corrected chi connectivity index (χ1v) is 7.04. The van der Waals surface area contributed by atoms with Crippen molar-refractivity contribution in [1.29, 1.82) is 0 Å². The summed E-state index contributed by atoms with van der Waals surface area (Å²) in [6.45, 7) is 1.20. The number of hydrogen-bond donors (Lipinski definition) is 0. The minimum atomic E-state index is -0.247. The van der Waals surface area contributed by atoms with E-state index in [4.69, 9.17) is 9.47 Å². The molecule has 0 unspecified atom stereocenters. The minimum absolute atomic E-state index is 0.0813. The summed E-state index contributed by atoms with van der Waals surface area (Å²) in [4.78, 5) is 24.0. The van der Waals surface area contributed by atoms with Crippen molar-refractivity contribution < 1.29 is 23.5 Å². The number of esters is 2. The molecule has 0 aromatic carbocycles. The number of rotatable bonds is 4. The van der Waals surface area contributed by atoms with Crippen LogP contribution < -0.4 is 0 Å². The highest BCUT2D eigenvalue weighted by Gasteiger charge is 2.64. The molecule has 5 heteroatoms. The summed E-state index contributed by atoms with van der Waals surface area (Å²) >= 11 is 0. The van der Waals surface area contributed by atoms with E-state index in [9.17, 15) is 9.59 Å². The van der Waals surface area contributed by atoms with Crippen LogP contribution in [-0.4, -0.2) is 56.8 Å². The Kier molecular flexibility index (Phi) is 2.85. The molecule has 0 aromatic rings. The Labute approximate surface area is 113 Å². The molecule has 2 aliphatic carbocycles. The van der Waals surface area contributed by atoms with Crippen LogP contribution in [0.25, 0.3) is 0 Å². The van der Waals surface area contributed by atoms with E-state index in [1.165, 1.54) is 0 Å². The highest BCUT2D eigenvalue weighted by atomic mass is 16.6. The van der Waals surface area contributed by atoms with Gasteiger partial charge in [0.1, 0.15) is 19.3 Å². The van der Waals surface area contributed by atoms with Crippen LogP contribution in [0.3, 0.4) is 0 Å². The van der Waals surface area contributed by atoms with Gasteiger partial charge in [-0.05, 0) is 18.8 Å². The number of fused-ring (bicyclic) bond motifs is 1. The zero-order valence-corrected chi connectivity index (χ0v) is 11.8. The Morgan fingerprint density at radius 3 is 2.79 bits per heavy atom. The molecule has 0 aromatic heterocycles. The van der Waals surface area contributed by atoms with Crippen molar-refractivity contribution in [2.75, 3.05) is 34.3 Å². The van der Waals surface area contributed by atoms with Gasteiger partial charge in [-0.2, -0.15) is 0 Å². The Morgan fingerprint density at radius 1 is 1.37 bits per heavy atom. The normalized spacial score (nSPS) is 39.5.